The lowest BCUT2D eigenvalue weighted by atomic mass is 10.3. The van der Waals surface area contributed by atoms with Gasteiger partial charge in [-0.25, -0.2) is 9.74 Å². The Morgan fingerprint density at radius 2 is 2.38 bits per heavy atom. The topological polar surface area (TPSA) is 64.4 Å². The summed E-state index contributed by atoms with van der Waals surface area (Å²) in [5, 5.41) is 3.91. The van der Waals surface area contributed by atoms with Gasteiger partial charge in [0, 0.05) is 17.6 Å². The van der Waals surface area contributed by atoms with Crippen LogP contribution in [0.25, 0.3) is 0 Å². The highest BCUT2D eigenvalue weighted by Crippen LogP contribution is 2.13. The third-order valence-corrected chi connectivity index (χ3v) is 2.47. The van der Waals surface area contributed by atoms with Gasteiger partial charge in [-0.3, -0.25) is 9.48 Å². The van der Waals surface area contributed by atoms with Crippen molar-refractivity contribution < 1.29 is 19.1 Å². The summed E-state index contributed by atoms with van der Waals surface area (Å²) in [6.45, 7) is 1.62. The number of carbonyl (C=O) groups is 2. The van der Waals surface area contributed by atoms with Gasteiger partial charge >= 0.3 is 5.97 Å². The maximum Gasteiger partial charge on any atom is 0.399 e. The Morgan fingerprint density at radius 3 is 3.06 bits per heavy atom. The van der Waals surface area contributed by atoms with Gasteiger partial charge in [0.05, 0.1) is 12.2 Å². The summed E-state index contributed by atoms with van der Waals surface area (Å²) in [4.78, 5) is 26.3. The lowest BCUT2D eigenvalue weighted by Gasteiger charge is -2.11. The second-order valence-electron chi connectivity index (χ2n) is 3.54. The van der Waals surface area contributed by atoms with E-state index >= 15 is 0 Å². The molecule has 0 saturated heterocycles. The van der Waals surface area contributed by atoms with E-state index in [1.165, 1.54) is 6.07 Å². The fourth-order valence-electron chi connectivity index (χ4n) is 1.72. The minimum absolute atomic E-state index is 0.0785. The Balaban J connectivity index is 2.26. The minimum atomic E-state index is -1.11. The molecule has 1 aliphatic heterocycles. The quantitative estimate of drug-likeness (QED) is 0.681. The molecule has 0 aliphatic carbocycles. The summed E-state index contributed by atoms with van der Waals surface area (Å²) in [5.41, 5.74) is 0.621. The highest BCUT2D eigenvalue weighted by atomic mass is 19.3. The van der Waals surface area contributed by atoms with Crippen molar-refractivity contribution in [1.82, 2.24) is 14.7 Å². The average molecular weight is 227 g/mol. The number of nitrogens with zero attached hydrogens (tertiary/aromatic N) is 3. The van der Waals surface area contributed by atoms with Crippen LogP contribution in [0.15, 0.2) is 6.07 Å². The molecule has 0 fully saturated rings. The number of rotatable bonds is 2. The molecule has 0 N–H and O–H groups in total. The number of fused-ring (bicyclic) bond motifs is 1. The van der Waals surface area contributed by atoms with E-state index < -0.39 is 5.97 Å². The summed E-state index contributed by atoms with van der Waals surface area (Å²) in [7, 11) is 0. The molecule has 0 unspecified atom stereocenters. The van der Waals surface area contributed by atoms with Crippen molar-refractivity contribution >= 4 is 12.4 Å². The number of amides is 1. The van der Waals surface area contributed by atoms with Crippen LogP contribution < -0.4 is 0 Å². The van der Waals surface area contributed by atoms with Crippen molar-refractivity contribution in [3.63, 3.8) is 0 Å². The Bertz CT molecular complexity index is 418. The van der Waals surface area contributed by atoms with Gasteiger partial charge in [-0.05, 0) is 12.5 Å². The van der Waals surface area contributed by atoms with Gasteiger partial charge in [0.1, 0.15) is 0 Å². The molecule has 16 heavy (non-hydrogen) atoms. The number of hydrogen-bond acceptors (Lipinski definition) is 4. The maximum absolute atomic E-state index is 11.7. The van der Waals surface area contributed by atoms with E-state index in [1.54, 1.807) is 9.58 Å². The first-order valence-corrected chi connectivity index (χ1v) is 4.83. The Labute approximate surface area is 90.5 Å². The van der Waals surface area contributed by atoms with Gasteiger partial charge in [-0.1, -0.05) is 0 Å². The third kappa shape index (κ3) is 1.88. The summed E-state index contributed by atoms with van der Waals surface area (Å²) in [5.74, 6) is -1.11. The van der Waals surface area contributed by atoms with E-state index in [0.29, 0.717) is 25.3 Å². The Morgan fingerprint density at radius 1 is 1.56 bits per heavy atom. The predicted molar refractivity (Wildman–Crippen MR) is 49.8 cm³/mol. The van der Waals surface area contributed by atoms with Gasteiger partial charge in [-0.2, -0.15) is 5.10 Å². The van der Waals surface area contributed by atoms with Crippen molar-refractivity contribution in [3.8, 4) is 0 Å². The molecule has 0 bridgehead atoms. The first-order valence-electron chi connectivity index (χ1n) is 4.83. The SMILES string of the molecule is O=CN1CCCn2nc(C(=O)OF)cc2C1. The first kappa shape index (κ1) is 10.6. The zero-order valence-corrected chi connectivity index (χ0v) is 8.43. The van der Waals surface area contributed by atoms with Gasteiger partial charge in [0.2, 0.25) is 6.41 Å². The van der Waals surface area contributed by atoms with Gasteiger partial charge in [0.15, 0.2) is 5.69 Å². The van der Waals surface area contributed by atoms with Crippen molar-refractivity contribution in [3.05, 3.63) is 17.5 Å². The van der Waals surface area contributed by atoms with Crippen LogP contribution in [0.3, 0.4) is 0 Å². The summed E-state index contributed by atoms with van der Waals surface area (Å²) < 4.78 is 13.3. The molecule has 2 heterocycles. The molecule has 86 valence electrons. The normalized spacial score (nSPS) is 15.2. The number of carbonyl (C=O) groups excluding carboxylic acids is 2. The largest absolute Gasteiger partial charge is 0.399 e. The average Bonchev–Trinajstić information content (AvgIpc) is 2.60. The summed E-state index contributed by atoms with van der Waals surface area (Å²) >= 11 is 0. The fourth-order valence-corrected chi connectivity index (χ4v) is 1.72. The molecular formula is C9H10FN3O3. The zero-order chi connectivity index (χ0) is 11.5. The lowest BCUT2D eigenvalue weighted by Crippen LogP contribution is -2.20. The maximum atomic E-state index is 11.7. The van der Waals surface area contributed by atoms with Gasteiger partial charge < -0.3 is 4.90 Å². The number of hydrogen-bond donors (Lipinski definition) is 0. The Hall–Kier alpha value is -1.92. The van der Waals surface area contributed by atoms with Crippen molar-refractivity contribution in [2.75, 3.05) is 6.54 Å². The lowest BCUT2D eigenvalue weighted by molar-refractivity contribution is -0.118. The van der Waals surface area contributed by atoms with Crippen LogP contribution in [0.1, 0.15) is 22.6 Å². The molecule has 0 radical (unpaired) electrons. The van der Waals surface area contributed by atoms with Crippen molar-refractivity contribution in [2.45, 2.75) is 19.5 Å². The van der Waals surface area contributed by atoms with E-state index in [-0.39, 0.29) is 5.69 Å². The number of aryl methyl sites for hydroxylation is 1. The van der Waals surface area contributed by atoms with Crippen LogP contribution >= 0.6 is 0 Å². The monoisotopic (exact) mass is 227 g/mol. The summed E-state index contributed by atoms with van der Waals surface area (Å²) in [6, 6.07) is 1.43. The van der Waals surface area contributed by atoms with Crippen LogP contribution in [0, 0.1) is 0 Å². The molecule has 7 heteroatoms. The molecule has 2 rings (SSSR count). The standard InChI is InChI=1S/C9H10FN3O3/c10-16-9(15)8-4-7-5-12(6-14)2-1-3-13(7)11-8/h4,6H,1-3,5H2. The molecule has 0 spiro atoms. The van der Waals surface area contributed by atoms with Crippen LogP contribution in [0.5, 0.6) is 0 Å². The molecule has 1 aromatic heterocycles. The van der Waals surface area contributed by atoms with E-state index in [9.17, 15) is 14.1 Å². The van der Waals surface area contributed by atoms with E-state index in [0.717, 1.165) is 12.8 Å². The molecule has 1 aromatic rings. The predicted octanol–water partition coefficient (Wildman–Crippen LogP) is 0.286. The van der Waals surface area contributed by atoms with Crippen LogP contribution in [-0.2, 0) is 22.8 Å². The molecule has 0 saturated carbocycles. The van der Waals surface area contributed by atoms with Crippen LogP contribution in [0.2, 0.25) is 0 Å². The van der Waals surface area contributed by atoms with Crippen molar-refractivity contribution in [1.29, 1.82) is 0 Å². The van der Waals surface area contributed by atoms with Gasteiger partial charge in [-0.15, -0.1) is 0 Å². The number of aromatic nitrogens is 2. The third-order valence-electron chi connectivity index (χ3n) is 2.47. The first-order chi connectivity index (χ1) is 7.74. The molecule has 0 aromatic carbocycles. The molecule has 6 nitrogen and oxygen atoms in total. The molecule has 1 amide bonds. The van der Waals surface area contributed by atoms with Crippen molar-refractivity contribution in [2.24, 2.45) is 0 Å². The van der Waals surface area contributed by atoms with E-state index in [1.807, 2.05) is 0 Å². The second kappa shape index (κ2) is 4.30. The van der Waals surface area contributed by atoms with Crippen LogP contribution in [0.4, 0.5) is 4.53 Å². The minimum Gasteiger partial charge on any atom is -0.339 e. The summed E-state index contributed by atoms with van der Waals surface area (Å²) in [6.07, 6.45) is 1.49. The Kier molecular flexibility index (Phi) is 2.84. The highest BCUT2D eigenvalue weighted by Gasteiger charge is 2.19. The van der Waals surface area contributed by atoms with Crippen LogP contribution in [-0.4, -0.2) is 33.6 Å². The molecular weight excluding hydrogens is 217 g/mol. The fraction of sp³-hybridized carbons (Fsp3) is 0.444. The van der Waals surface area contributed by atoms with E-state index in [4.69, 9.17) is 0 Å². The molecule has 0 atom stereocenters. The zero-order valence-electron chi connectivity index (χ0n) is 8.43. The van der Waals surface area contributed by atoms with Gasteiger partial charge in [0.25, 0.3) is 0 Å². The highest BCUT2D eigenvalue weighted by molar-refractivity contribution is 5.86. The smallest absolute Gasteiger partial charge is 0.339 e. The van der Waals surface area contributed by atoms with E-state index in [2.05, 4.69) is 10.0 Å². The second-order valence-corrected chi connectivity index (χ2v) is 3.54. The molecule has 1 aliphatic rings. The number of halogens is 1.